The first-order chi connectivity index (χ1) is 18.2. The second kappa shape index (κ2) is 10.3. The van der Waals surface area contributed by atoms with E-state index < -0.39 is 17.5 Å². The zero-order valence-corrected chi connectivity index (χ0v) is 21.6. The number of anilines is 3. The predicted octanol–water partition coefficient (Wildman–Crippen LogP) is 3.69. The predicted molar refractivity (Wildman–Crippen MR) is 142 cm³/mol. The summed E-state index contributed by atoms with van der Waals surface area (Å²) in [7, 11) is 1.74. The summed E-state index contributed by atoms with van der Waals surface area (Å²) < 4.78 is 30.2. The molecular formula is C25H26F2N8O2S. The normalized spacial score (nSPS) is 18.9. The maximum Gasteiger partial charge on any atom is 0.277 e. The molecule has 4 N–H and O–H groups in total. The molecule has 0 aliphatic carbocycles. The number of nitrogens with one attached hydrogen (secondary N) is 2. The molecule has 0 radical (unpaired) electrons. The Morgan fingerprint density at radius 1 is 1.21 bits per heavy atom. The Morgan fingerprint density at radius 2 is 1.95 bits per heavy atom. The van der Waals surface area contributed by atoms with Crippen LogP contribution in [0.1, 0.15) is 36.7 Å². The molecule has 3 aromatic rings. The number of nitrogens with zero attached hydrogens (tertiary/aromatic N) is 5. The Bertz CT molecular complexity index is 1440. The molecule has 1 saturated heterocycles. The molecule has 2 atom stereocenters. The van der Waals surface area contributed by atoms with Gasteiger partial charge in [-0.15, -0.1) is 0 Å². The van der Waals surface area contributed by atoms with Crippen LogP contribution in [0, 0.1) is 17.6 Å². The summed E-state index contributed by atoms with van der Waals surface area (Å²) in [4.78, 5) is 36.0. The van der Waals surface area contributed by atoms with Crippen LogP contribution >= 0.6 is 11.3 Å². The topological polar surface area (TPSA) is 131 Å². The summed E-state index contributed by atoms with van der Waals surface area (Å²) in [5.41, 5.74) is 6.30. The first kappa shape index (κ1) is 25.5. The fraction of sp³-hybridized carbons (Fsp3) is 0.320. The lowest BCUT2D eigenvalue weighted by atomic mass is 10.0. The molecule has 1 fully saturated rings. The van der Waals surface area contributed by atoms with Crippen molar-refractivity contribution in [3.63, 3.8) is 0 Å². The van der Waals surface area contributed by atoms with Crippen molar-refractivity contribution in [2.24, 2.45) is 18.0 Å². The third-order valence-corrected chi connectivity index (χ3v) is 7.45. The average molecular weight is 541 g/mol. The molecule has 5 rings (SSSR count). The summed E-state index contributed by atoms with van der Waals surface area (Å²) >= 11 is 0.823. The molecule has 2 aromatic heterocycles. The van der Waals surface area contributed by atoms with Crippen molar-refractivity contribution in [3.05, 3.63) is 53.5 Å². The molecule has 2 amide bonds. The van der Waals surface area contributed by atoms with Crippen molar-refractivity contribution in [1.29, 1.82) is 0 Å². The fourth-order valence-corrected chi connectivity index (χ4v) is 5.51. The Kier molecular flexibility index (Phi) is 6.93. The number of carbonyl (C=O) groups excluding carboxylic acids is 2. The maximum atomic E-state index is 14.3. The number of nitrogen functional groups attached to an aromatic ring is 1. The van der Waals surface area contributed by atoms with Crippen LogP contribution in [-0.4, -0.2) is 45.5 Å². The minimum Gasteiger partial charge on any atom is -0.389 e. The van der Waals surface area contributed by atoms with E-state index in [1.165, 1.54) is 12.3 Å². The van der Waals surface area contributed by atoms with E-state index in [2.05, 4.69) is 32.6 Å². The molecule has 0 saturated carbocycles. The highest BCUT2D eigenvalue weighted by Gasteiger charge is 2.31. The van der Waals surface area contributed by atoms with Crippen LogP contribution in [0.15, 0.2) is 41.2 Å². The highest BCUT2D eigenvalue weighted by molar-refractivity contribution is 7.19. The van der Waals surface area contributed by atoms with Gasteiger partial charge in [0.25, 0.3) is 11.8 Å². The van der Waals surface area contributed by atoms with Gasteiger partial charge in [-0.25, -0.2) is 13.8 Å². The number of aromatic nitrogens is 3. The van der Waals surface area contributed by atoms with E-state index in [-0.39, 0.29) is 33.3 Å². The standard InChI is InChI=1S/C25H26F2N8O2S/c1-13-5-4-10-35(18(11-13)32-22(36)16-8-9-29-16)25-17(12-30-34(25)2)31-23(37)20-21(28)38-24(33-20)19-14(26)6-3-7-15(19)27/h3,6-9,12-13,18H,4-5,10-11,28H2,1-2H3,(H,31,37)(H,32,36). The van der Waals surface area contributed by atoms with Crippen molar-refractivity contribution in [2.45, 2.75) is 32.4 Å². The first-order valence-corrected chi connectivity index (χ1v) is 12.9. The second-order valence-corrected chi connectivity index (χ2v) is 10.3. The van der Waals surface area contributed by atoms with Gasteiger partial charge in [-0.3, -0.25) is 19.3 Å². The molecule has 4 heterocycles. The highest BCUT2D eigenvalue weighted by Crippen LogP contribution is 2.35. The lowest BCUT2D eigenvalue weighted by Gasteiger charge is -2.33. The van der Waals surface area contributed by atoms with Gasteiger partial charge in [-0.05, 0) is 43.4 Å². The Balaban J connectivity index is 1.42. The van der Waals surface area contributed by atoms with E-state index in [1.54, 1.807) is 24.0 Å². The number of benzene rings is 1. The third kappa shape index (κ3) is 4.88. The van der Waals surface area contributed by atoms with Gasteiger partial charge in [0.1, 0.15) is 39.2 Å². The number of hydrogen-bond donors (Lipinski definition) is 3. The van der Waals surface area contributed by atoms with Gasteiger partial charge < -0.3 is 21.3 Å². The molecule has 2 aliphatic heterocycles. The number of amides is 2. The van der Waals surface area contributed by atoms with Crippen molar-refractivity contribution in [1.82, 2.24) is 20.1 Å². The highest BCUT2D eigenvalue weighted by atomic mass is 32.1. The maximum absolute atomic E-state index is 14.3. The van der Waals surface area contributed by atoms with Crippen LogP contribution in [0.5, 0.6) is 0 Å². The Morgan fingerprint density at radius 3 is 2.63 bits per heavy atom. The van der Waals surface area contributed by atoms with E-state index in [1.807, 2.05) is 4.90 Å². The van der Waals surface area contributed by atoms with Crippen LogP contribution in [0.3, 0.4) is 0 Å². The molecule has 198 valence electrons. The van der Waals surface area contributed by atoms with Gasteiger partial charge in [0, 0.05) is 19.8 Å². The molecule has 1 aromatic carbocycles. The SMILES string of the molecule is CC1CCCN(c2c(NC(=O)c3nc(-c4c(F)cccc4F)sc3N)cnn2C)C(NC(=O)C2=CC=N2)C1. The number of carbonyl (C=O) groups is 2. The van der Waals surface area contributed by atoms with Crippen LogP contribution < -0.4 is 21.3 Å². The summed E-state index contributed by atoms with van der Waals surface area (Å²) in [5, 5.41) is 10.2. The molecular weight excluding hydrogens is 514 g/mol. The fourth-order valence-electron chi connectivity index (χ4n) is 4.64. The average Bonchev–Trinajstić information content (AvgIpc) is 3.31. The van der Waals surface area contributed by atoms with Crippen molar-refractivity contribution in [2.75, 3.05) is 22.5 Å². The number of nitrogens with two attached hydrogens (primary N) is 1. The van der Waals surface area contributed by atoms with Gasteiger partial charge in [0.05, 0.1) is 11.8 Å². The third-order valence-electron chi connectivity index (χ3n) is 6.55. The molecule has 2 aliphatic rings. The number of allylic oxidation sites excluding steroid dienone is 1. The van der Waals surface area contributed by atoms with Crippen LogP contribution in [-0.2, 0) is 11.8 Å². The lowest BCUT2D eigenvalue weighted by molar-refractivity contribution is -0.118. The quantitative estimate of drug-likeness (QED) is 0.437. The Hall–Kier alpha value is -4.13. The van der Waals surface area contributed by atoms with Crippen molar-refractivity contribution >= 4 is 45.9 Å². The number of halogens is 2. The van der Waals surface area contributed by atoms with E-state index in [0.29, 0.717) is 36.1 Å². The zero-order chi connectivity index (χ0) is 27.0. The molecule has 38 heavy (non-hydrogen) atoms. The number of thiazole rings is 1. The van der Waals surface area contributed by atoms with Crippen LogP contribution in [0.2, 0.25) is 0 Å². The van der Waals surface area contributed by atoms with E-state index >= 15 is 0 Å². The molecule has 0 spiro atoms. The van der Waals surface area contributed by atoms with Crippen molar-refractivity contribution < 1.29 is 18.4 Å². The largest absolute Gasteiger partial charge is 0.389 e. The molecule has 10 nitrogen and oxygen atoms in total. The summed E-state index contributed by atoms with van der Waals surface area (Å²) in [5.74, 6) is -1.55. The van der Waals surface area contributed by atoms with E-state index in [4.69, 9.17) is 5.73 Å². The van der Waals surface area contributed by atoms with Crippen LogP contribution in [0.25, 0.3) is 10.6 Å². The van der Waals surface area contributed by atoms with Crippen molar-refractivity contribution in [3.8, 4) is 10.6 Å². The molecule has 2 unspecified atom stereocenters. The van der Waals surface area contributed by atoms with Gasteiger partial charge in [-0.2, -0.15) is 5.10 Å². The second-order valence-electron chi connectivity index (χ2n) is 9.28. The van der Waals surface area contributed by atoms with Gasteiger partial charge in [-0.1, -0.05) is 24.3 Å². The number of aliphatic imine (C=N–C) groups is 1. The number of aryl methyl sites for hydroxylation is 1. The number of hydrogen-bond acceptors (Lipinski definition) is 8. The summed E-state index contributed by atoms with van der Waals surface area (Å²) in [6.45, 7) is 2.76. The molecule has 13 heteroatoms. The summed E-state index contributed by atoms with van der Waals surface area (Å²) in [6.07, 6.45) is 6.90. The van der Waals surface area contributed by atoms with Gasteiger partial charge in [0.15, 0.2) is 11.5 Å². The summed E-state index contributed by atoms with van der Waals surface area (Å²) in [6, 6.07) is 3.48. The van der Waals surface area contributed by atoms with E-state index in [0.717, 1.165) is 36.3 Å². The number of rotatable bonds is 6. The minimum absolute atomic E-state index is 0.0219. The van der Waals surface area contributed by atoms with Gasteiger partial charge in [0.2, 0.25) is 0 Å². The zero-order valence-electron chi connectivity index (χ0n) is 20.7. The van der Waals surface area contributed by atoms with Gasteiger partial charge >= 0.3 is 0 Å². The lowest BCUT2D eigenvalue weighted by Crippen LogP contribution is -2.50. The smallest absolute Gasteiger partial charge is 0.277 e. The monoisotopic (exact) mass is 540 g/mol. The molecule has 0 bridgehead atoms. The minimum atomic E-state index is -0.799. The first-order valence-electron chi connectivity index (χ1n) is 12.1. The Labute approximate surface area is 221 Å². The van der Waals surface area contributed by atoms with Crippen LogP contribution in [0.4, 0.5) is 25.3 Å². The van der Waals surface area contributed by atoms with E-state index in [9.17, 15) is 18.4 Å².